The number of ether oxygens (including phenoxy) is 1. The van der Waals surface area contributed by atoms with Gasteiger partial charge in [0.15, 0.2) is 6.61 Å². The molecular weight excluding hydrogens is 342 g/mol. The SMILES string of the molecule is O=C(O)CCC1CCCN(C(=O)COc2ccccc2-c2ccccc2)C1. The Bertz CT molecular complexity index is 775. The summed E-state index contributed by atoms with van der Waals surface area (Å²) in [7, 11) is 0. The fraction of sp³-hybridized carbons (Fsp3) is 0.364. The van der Waals surface area contributed by atoms with Crippen molar-refractivity contribution < 1.29 is 19.4 Å². The Balaban J connectivity index is 1.59. The van der Waals surface area contributed by atoms with Gasteiger partial charge >= 0.3 is 5.97 Å². The zero-order valence-electron chi connectivity index (χ0n) is 15.3. The van der Waals surface area contributed by atoms with Gasteiger partial charge in [0.25, 0.3) is 5.91 Å². The lowest BCUT2D eigenvalue weighted by atomic mass is 9.93. The molecule has 0 aliphatic carbocycles. The molecule has 1 aliphatic rings. The van der Waals surface area contributed by atoms with Crippen LogP contribution in [0, 0.1) is 5.92 Å². The van der Waals surface area contributed by atoms with Gasteiger partial charge in [-0.05, 0) is 36.8 Å². The predicted molar refractivity (Wildman–Crippen MR) is 104 cm³/mol. The summed E-state index contributed by atoms with van der Waals surface area (Å²) in [6.45, 7) is 1.33. The first-order valence-electron chi connectivity index (χ1n) is 9.40. The Hall–Kier alpha value is -2.82. The summed E-state index contributed by atoms with van der Waals surface area (Å²) in [5.41, 5.74) is 2.01. The first-order valence-corrected chi connectivity index (χ1v) is 9.40. The number of nitrogens with zero attached hydrogens (tertiary/aromatic N) is 1. The van der Waals surface area contributed by atoms with Crippen molar-refractivity contribution in [3.63, 3.8) is 0 Å². The number of carboxylic acids is 1. The lowest BCUT2D eigenvalue weighted by molar-refractivity contribution is -0.137. The topological polar surface area (TPSA) is 66.8 Å². The van der Waals surface area contributed by atoms with Crippen molar-refractivity contribution >= 4 is 11.9 Å². The fourth-order valence-electron chi connectivity index (χ4n) is 3.53. The second-order valence-corrected chi connectivity index (χ2v) is 6.93. The Kier molecular flexibility index (Phi) is 6.47. The van der Waals surface area contributed by atoms with Crippen LogP contribution >= 0.6 is 0 Å². The third-order valence-electron chi connectivity index (χ3n) is 4.96. The fourth-order valence-corrected chi connectivity index (χ4v) is 3.53. The van der Waals surface area contributed by atoms with Gasteiger partial charge in [-0.3, -0.25) is 9.59 Å². The minimum atomic E-state index is -0.778. The molecule has 5 nitrogen and oxygen atoms in total. The lowest BCUT2D eigenvalue weighted by Crippen LogP contribution is -2.42. The molecule has 1 N–H and O–H groups in total. The van der Waals surface area contributed by atoms with E-state index < -0.39 is 5.97 Å². The lowest BCUT2D eigenvalue weighted by Gasteiger charge is -2.32. The van der Waals surface area contributed by atoms with Gasteiger partial charge in [0.2, 0.25) is 0 Å². The molecule has 0 aromatic heterocycles. The number of piperidine rings is 1. The van der Waals surface area contributed by atoms with E-state index in [1.807, 2.05) is 54.6 Å². The molecule has 1 fully saturated rings. The van der Waals surface area contributed by atoms with E-state index in [9.17, 15) is 9.59 Å². The molecule has 1 amide bonds. The number of rotatable bonds is 7. The molecular formula is C22H25NO4. The minimum Gasteiger partial charge on any atom is -0.483 e. The highest BCUT2D eigenvalue weighted by Crippen LogP contribution is 2.29. The van der Waals surface area contributed by atoms with Gasteiger partial charge in [-0.25, -0.2) is 0 Å². The Morgan fingerprint density at radius 2 is 1.81 bits per heavy atom. The van der Waals surface area contributed by atoms with Crippen molar-refractivity contribution in [2.45, 2.75) is 25.7 Å². The third kappa shape index (κ3) is 5.33. The number of carbonyl (C=O) groups excluding carboxylic acids is 1. The quantitative estimate of drug-likeness (QED) is 0.807. The minimum absolute atomic E-state index is 0.00447. The standard InChI is InChI=1S/C22H25NO4/c24-21(23-14-6-7-17(15-23)12-13-22(25)26)16-27-20-11-5-4-10-19(20)18-8-2-1-3-9-18/h1-5,8-11,17H,6-7,12-16H2,(H,25,26). The Labute approximate surface area is 159 Å². The van der Waals surface area contributed by atoms with E-state index in [-0.39, 0.29) is 24.9 Å². The number of hydrogen-bond donors (Lipinski definition) is 1. The van der Waals surface area contributed by atoms with Gasteiger partial charge in [0.05, 0.1) is 0 Å². The molecule has 5 heteroatoms. The van der Waals surface area contributed by atoms with Gasteiger partial charge < -0.3 is 14.7 Å². The number of hydrogen-bond acceptors (Lipinski definition) is 3. The number of carboxylic acid groups (broad SMARTS) is 1. The highest BCUT2D eigenvalue weighted by molar-refractivity contribution is 5.78. The van der Waals surface area contributed by atoms with E-state index in [1.54, 1.807) is 4.90 Å². The van der Waals surface area contributed by atoms with E-state index in [0.29, 0.717) is 25.3 Å². The Morgan fingerprint density at radius 3 is 2.59 bits per heavy atom. The number of benzene rings is 2. The molecule has 2 aromatic carbocycles. The molecule has 2 aromatic rings. The van der Waals surface area contributed by atoms with Crippen LogP contribution in [0.3, 0.4) is 0 Å². The van der Waals surface area contributed by atoms with Crippen LogP contribution in [0.1, 0.15) is 25.7 Å². The monoisotopic (exact) mass is 367 g/mol. The second-order valence-electron chi connectivity index (χ2n) is 6.93. The number of para-hydroxylation sites is 1. The molecule has 1 unspecified atom stereocenters. The van der Waals surface area contributed by atoms with Crippen LogP contribution in [0.4, 0.5) is 0 Å². The largest absolute Gasteiger partial charge is 0.483 e. The summed E-state index contributed by atoms with van der Waals surface area (Å²) in [6.07, 6.45) is 2.68. The molecule has 1 atom stereocenters. The van der Waals surface area contributed by atoms with Gasteiger partial charge in [0, 0.05) is 25.1 Å². The van der Waals surface area contributed by atoms with Gasteiger partial charge in [0.1, 0.15) is 5.75 Å². The zero-order valence-corrected chi connectivity index (χ0v) is 15.3. The molecule has 3 rings (SSSR count). The summed E-state index contributed by atoms with van der Waals surface area (Å²) >= 11 is 0. The number of aliphatic carboxylic acids is 1. The molecule has 142 valence electrons. The van der Waals surface area contributed by atoms with E-state index in [0.717, 1.165) is 24.0 Å². The molecule has 27 heavy (non-hydrogen) atoms. The van der Waals surface area contributed by atoms with Crippen molar-refractivity contribution in [3.8, 4) is 16.9 Å². The van der Waals surface area contributed by atoms with Crippen LogP contribution in [-0.4, -0.2) is 41.6 Å². The summed E-state index contributed by atoms with van der Waals surface area (Å²) < 4.78 is 5.85. The summed E-state index contributed by atoms with van der Waals surface area (Å²) in [4.78, 5) is 25.2. The number of likely N-dealkylation sites (tertiary alicyclic amines) is 1. The molecule has 1 aliphatic heterocycles. The average Bonchev–Trinajstić information content (AvgIpc) is 2.71. The molecule has 0 bridgehead atoms. The van der Waals surface area contributed by atoms with Crippen LogP contribution in [0.2, 0.25) is 0 Å². The van der Waals surface area contributed by atoms with Crippen molar-refractivity contribution in [3.05, 3.63) is 54.6 Å². The average molecular weight is 367 g/mol. The molecule has 0 spiro atoms. The normalized spacial score (nSPS) is 16.7. The molecule has 0 radical (unpaired) electrons. The van der Waals surface area contributed by atoms with Crippen molar-refractivity contribution in [1.82, 2.24) is 4.90 Å². The maximum Gasteiger partial charge on any atom is 0.303 e. The summed E-state index contributed by atoms with van der Waals surface area (Å²) in [6, 6.07) is 17.7. The van der Waals surface area contributed by atoms with E-state index in [4.69, 9.17) is 9.84 Å². The van der Waals surface area contributed by atoms with Crippen LogP contribution in [0.25, 0.3) is 11.1 Å². The van der Waals surface area contributed by atoms with E-state index in [1.165, 1.54) is 0 Å². The first kappa shape index (κ1) is 19.0. The number of carbonyl (C=O) groups is 2. The second kappa shape index (κ2) is 9.21. The van der Waals surface area contributed by atoms with Gasteiger partial charge in [-0.1, -0.05) is 48.5 Å². The highest BCUT2D eigenvalue weighted by atomic mass is 16.5. The van der Waals surface area contributed by atoms with Crippen LogP contribution in [0.15, 0.2) is 54.6 Å². The Morgan fingerprint density at radius 1 is 1.07 bits per heavy atom. The number of amides is 1. The summed E-state index contributed by atoms with van der Waals surface area (Å²) in [5.74, 6) is 0.129. The zero-order chi connectivity index (χ0) is 19.1. The highest BCUT2D eigenvalue weighted by Gasteiger charge is 2.24. The molecule has 0 saturated carbocycles. The maximum atomic E-state index is 12.6. The first-order chi connectivity index (χ1) is 13.1. The maximum absolute atomic E-state index is 12.6. The van der Waals surface area contributed by atoms with Gasteiger partial charge in [-0.15, -0.1) is 0 Å². The third-order valence-corrected chi connectivity index (χ3v) is 4.96. The van der Waals surface area contributed by atoms with Crippen molar-refractivity contribution in [1.29, 1.82) is 0 Å². The smallest absolute Gasteiger partial charge is 0.303 e. The van der Waals surface area contributed by atoms with E-state index >= 15 is 0 Å². The van der Waals surface area contributed by atoms with Crippen molar-refractivity contribution in [2.75, 3.05) is 19.7 Å². The van der Waals surface area contributed by atoms with Crippen LogP contribution in [0.5, 0.6) is 5.75 Å². The van der Waals surface area contributed by atoms with Gasteiger partial charge in [-0.2, -0.15) is 0 Å². The van der Waals surface area contributed by atoms with E-state index in [2.05, 4.69) is 0 Å². The predicted octanol–water partition coefficient (Wildman–Crippen LogP) is 3.84. The summed E-state index contributed by atoms with van der Waals surface area (Å²) in [5, 5.41) is 8.85. The van der Waals surface area contributed by atoms with Crippen LogP contribution < -0.4 is 4.74 Å². The van der Waals surface area contributed by atoms with Crippen molar-refractivity contribution in [2.24, 2.45) is 5.92 Å². The van der Waals surface area contributed by atoms with Crippen LogP contribution in [-0.2, 0) is 9.59 Å². The molecule has 1 saturated heterocycles. The molecule has 1 heterocycles.